The molecule has 3 fully saturated rings. The molecule has 0 heterocycles. The minimum absolute atomic E-state index is 0.00671. The Balaban J connectivity index is 1.94. The smallest absolute Gasteiger partial charge is 0.312 e. The van der Waals surface area contributed by atoms with Crippen molar-refractivity contribution in [1.82, 2.24) is 0 Å². The number of esters is 1. The van der Waals surface area contributed by atoms with Crippen molar-refractivity contribution in [3.05, 3.63) is 0 Å². The molecule has 3 heteroatoms. The van der Waals surface area contributed by atoms with Crippen LogP contribution < -0.4 is 5.73 Å². The minimum atomic E-state index is -0.148. The van der Waals surface area contributed by atoms with Gasteiger partial charge in [0.25, 0.3) is 0 Å². The molecular formula is C8H13NO2. The lowest BCUT2D eigenvalue weighted by Crippen LogP contribution is -2.75. The fourth-order valence-corrected chi connectivity index (χ4v) is 2.37. The zero-order valence-corrected chi connectivity index (χ0v) is 6.72. The van der Waals surface area contributed by atoms with Crippen molar-refractivity contribution in [2.24, 2.45) is 11.1 Å². The number of hydrogen-bond donors (Lipinski definition) is 1. The van der Waals surface area contributed by atoms with Crippen molar-refractivity contribution in [3.63, 3.8) is 0 Å². The molecule has 2 bridgehead atoms. The summed E-state index contributed by atoms with van der Waals surface area (Å²) >= 11 is 0. The summed E-state index contributed by atoms with van der Waals surface area (Å²) in [6.07, 6.45) is 2.54. The number of rotatable bonds is 2. The summed E-state index contributed by atoms with van der Waals surface area (Å²) in [5.41, 5.74) is 5.66. The van der Waals surface area contributed by atoms with Crippen LogP contribution >= 0.6 is 0 Å². The molecule has 62 valence electrons. The van der Waals surface area contributed by atoms with Gasteiger partial charge in [-0.25, -0.2) is 0 Å². The summed E-state index contributed by atoms with van der Waals surface area (Å²) in [5.74, 6) is -0.0349. The maximum Gasteiger partial charge on any atom is 0.312 e. The fourth-order valence-electron chi connectivity index (χ4n) is 2.37. The average Bonchev–Trinajstić information content (AvgIpc) is 1.79. The van der Waals surface area contributed by atoms with Crippen LogP contribution in [0, 0.1) is 5.41 Å². The molecule has 0 unspecified atom stereocenters. The number of nitrogens with two attached hydrogens (primary N) is 1. The van der Waals surface area contributed by atoms with Gasteiger partial charge in [-0.05, 0) is 26.2 Å². The van der Waals surface area contributed by atoms with Gasteiger partial charge >= 0.3 is 5.97 Å². The Morgan fingerprint density at radius 1 is 1.55 bits per heavy atom. The highest BCUT2D eigenvalue weighted by molar-refractivity contribution is 5.82. The summed E-state index contributed by atoms with van der Waals surface area (Å²) in [7, 11) is 0. The number of carbonyl (C=O) groups excluding carboxylic acids is 1. The summed E-state index contributed by atoms with van der Waals surface area (Å²) in [4.78, 5) is 11.2. The van der Waals surface area contributed by atoms with E-state index in [-0.39, 0.29) is 16.9 Å². The summed E-state index contributed by atoms with van der Waals surface area (Å²) in [6, 6.07) is 0. The van der Waals surface area contributed by atoms with Crippen LogP contribution in [0.5, 0.6) is 0 Å². The lowest BCUT2D eigenvalue weighted by molar-refractivity contribution is -0.197. The minimum Gasteiger partial charge on any atom is -0.466 e. The van der Waals surface area contributed by atoms with E-state index in [0.717, 1.165) is 19.3 Å². The Morgan fingerprint density at radius 3 is 2.45 bits per heavy atom. The summed E-state index contributed by atoms with van der Waals surface area (Å²) in [5, 5.41) is 0. The van der Waals surface area contributed by atoms with E-state index >= 15 is 0 Å². The molecule has 0 aromatic carbocycles. The fraction of sp³-hybridized carbons (Fsp3) is 0.875. The van der Waals surface area contributed by atoms with Gasteiger partial charge in [0.2, 0.25) is 0 Å². The molecule has 0 saturated heterocycles. The predicted molar refractivity (Wildman–Crippen MR) is 39.8 cm³/mol. The molecule has 3 aliphatic carbocycles. The second-order valence-electron chi connectivity index (χ2n) is 3.89. The van der Waals surface area contributed by atoms with Crippen LogP contribution in [0.25, 0.3) is 0 Å². The van der Waals surface area contributed by atoms with Crippen LogP contribution in [0.2, 0.25) is 0 Å². The van der Waals surface area contributed by atoms with E-state index < -0.39 is 0 Å². The molecule has 0 spiro atoms. The van der Waals surface area contributed by atoms with Crippen molar-refractivity contribution >= 4 is 5.97 Å². The number of carbonyl (C=O) groups is 1. The highest BCUT2D eigenvalue weighted by atomic mass is 16.5. The second-order valence-corrected chi connectivity index (χ2v) is 3.89. The van der Waals surface area contributed by atoms with Gasteiger partial charge in [0.05, 0.1) is 12.0 Å². The third-order valence-electron chi connectivity index (χ3n) is 2.78. The molecule has 0 aromatic heterocycles. The maximum atomic E-state index is 11.2. The van der Waals surface area contributed by atoms with Gasteiger partial charge in [-0.2, -0.15) is 0 Å². The van der Waals surface area contributed by atoms with Crippen molar-refractivity contribution in [2.75, 3.05) is 6.61 Å². The van der Waals surface area contributed by atoms with Gasteiger partial charge in [-0.15, -0.1) is 0 Å². The highest BCUT2D eigenvalue weighted by Gasteiger charge is 2.70. The van der Waals surface area contributed by atoms with Crippen LogP contribution in [0.15, 0.2) is 0 Å². The van der Waals surface area contributed by atoms with E-state index in [4.69, 9.17) is 10.5 Å². The normalized spacial score (nSPS) is 45.6. The van der Waals surface area contributed by atoms with Crippen molar-refractivity contribution < 1.29 is 9.53 Å². The van der Waals surface area contributed by atoms with Crippen LogP contribution in [0.3, 0.4) is 0 Å². The average molecular weight is 155 g/mol. The molecule has 0 amide bonds. The van der Waals surface area contributed by atoms with Gasteiger partial charge in [0, 0.05) is 5.54 Å². The van der Waals surface area contributed by atoms with Gasteiger partial charge < -0.3 is 10.5 Å². The third-order valence-corrected chi connectivity index (χ3v) is 2.78. The zero-order chi connectivity index (χ0) is 8.11. The third kappa shape index (κ3) is 0.745. The molecule has 0 aliphatic heterocycles. The molecule has 2 N–H and O–H groups in total. The SMILES string of the molecule is CCOC(=O)C12CC(N)(C1)C2. The molecule has 3 rings (SSSR count). The predicted octanol–water partition coefficient (Wildman–Crippen LogP) is 0.431. The molecule has 0 radical (unpaired) electrons. The topological polar surface area (TPSA) is 52.3 Å². The molecular weight excluding hydrogens is 142 g/mol. The first-order valence-corrected chi connectivity index (χ1v) is 4.06. The van der Waals surface area contributed by atoms with Gasteiger partial charge in [0.1, 0.15) is 0 Å². The number of ether oxygens (including phenoxy) is 1. The quantitative estimate of drug-likeness (QED) is 0.588. The summed E-state index contributed by atoms with van der Waals surface area (Å²) < 4.78 is 4.94. The lowest BCUT2D eigenvalue weighted by Gasteiger charge is -2.66. The standard InChI is InChI=1S/C8H13NO2/c1-2-11-6(10)7-3-8(9,4-7)5-7/h2-5,9H2,1H3. The van der Waals surface area contributed by atoms with Crippen molar-refractivity contribution in [3.8, 4) is 0 Å². The molecule has 3 nitrogen and oxygen atoms in total. The van der Waals surface area contributed by atoms with E-state index in [1.54, 1.807) is 0 Å². The van der Waals surface area contributed by atoms with Crippen molar-refractivity contribution in [2.45, 2.75) is 31.7 Å². The zero-order valence-electron chi connectivity index (χ0n) is 6.72. The Hall–Kier alpha value is -0.570. The first-order chi connectivity index (χ1) is 5.10. The Bertz CT molecular complexity index is 192. The molecule has 0 aromatic rings. The summed E-state index contributed by atoms with van der Waals surface area (Å²) in [6.45, 7) is 2.32. The van der Waals surface area contributed by atoms with Crippen LogP contribution in [0.1, 0.15) is 26.2 Å². The van der Waals surface area contributed by atoms with E-state index in [1.165, 1.54) is 0 Å². The van der Waals surface area contributed by atoms with Gasteiger partial charge in [0.15, 0.2) is 0 Å². The Morgan fingerprint density at radius 2 is 2.09 bits per heavy atom. The molecule has 0 atom stereocenters. The first kappa shape index (κ1) is 7.10. The van der Waals surface area contributed by atoms with Crippen LogP contribution in [0.4, 0.5) is 0 Å². The van der Waals surface area contributed by atoms with E-state index in [9.17, 15) is 4.79 Å². The van der Waals surface area contributed by atoms with E-state index in [2.05, 4.69) is 0 Å². The van der Waals surface area contributed by atoms with Crippen LogP contribution in [-0.2, 0) is 9.53 Å². The van der Waals surface area contributed by atoms with Gasteiger partial charge in [-0.3, -0.25) is 4.79 Å². The Labute approximate surface area is 65.9 Å². The van der Waals surface area contributed by atoms with Crippen LogP contribution in [-0.4, -0.2) is 18.1 Å². The van der Waals surface area contributed by atoms with Gasteiger partial charge in [-0.1, -0.05) is 0 Å². The largest absolute Gasteiger partial charge is 0.466 e. The Kier molecular flexibility index (Phi) is 1.15. The lowest BCUT2D eigenvalue weighted by atomic mass is 9.40. The maximum absolute atomic E-state index is 11.2. The molecule has 3 saturated carbocycles. The van der Waals surface area contributed by atoms with E-state index in [1.807, 2.05) is 6.92 Å². The molecule has 3 aliphatic rings. The van der Waals surface area contributed by atoms with E-state index in [0.29, 0.717) is 6.61 Å². The molecule has 11 heavy (non-hydrogen) atoms. The monoisotopic (exact) mass is 155 g/mol. The van der Waals surface area contributed by atoms with Crippen molar-refractivity contribution in [1.29, 1.82) is 0 Å². The second kappa shape index (κ2) is 1.78. The number of hydrogen-bond acceptors (Lipinski definition) is 3. The first-order valence-electron chi connectivity index (χ1n) is 4.06. The highest BCUT2D eigenvalue weighted by Crippen LogP contribution is 2.66.